The third-order valence-corrected chi connectivity index (χ3v) is 12.8. The molecule has 2 aliphatic carbocycles. The Labute approximate surface area is 355 Å². The van der Waals surface area contributed by atoms with E-state index in [1.165, 1.54) is 142 Å². The lowest BCUT2D eigenvalue weighted by molar-refractivity contribution is 0.443. The van der Waals surface area contributed by atoms with Crippen molar-refractivity contribution in [2.24, 2.45) is 4.99 Å². The first-order valence-electron chi connectivity index (χ1n) is 21.7. The lowest BCUT2D eigenvalue weighted by atomic mass is 9.84. The molecule has 58 heavy (non-hydrogen) atoms. The number of aryl methyl sites for hydroxylation is 6. The Kier molecular flexibility index (Phi) is 14.8. The highest BCUT2D eigenvalue weighted by molar-refractivity contribution is 7.97. The average molecular weight is 787 g/mol. The van der Waals surface area contributed by atoms with Gasteiger partial charge in [0.15, 0.2) is 0 Å². The number of hydrogen-bond donors (Lipinski definition) is 1. The average Bonchev–Trinajstić information content (AvgIpc) is 3.87. The Morgan fingerprint density at radius 1 is 0.552 bits per heavy atom. The minimum absolute atomic E-state index is 0.695. The summed E-state index contributed by atoms with van der Waals surface area (Å²) in [4.78, 5) is 9.36. The van der Waals surface area contributed by atoms with Gasteiger partial charge in [0.25, 0.3) is 0 Å². The van der Waals surface area contributed by atoms with Crippen LogP contribution in [0, 0.1) is 41.5 Å². The van der Waals surface area contributed by atoms with Gasteiger partial charge in [0.2, 0.25) is 0 Å². The minimum atomic E-state index is 0.695. The van der Waals surface area contributed by atoms with Gasteiger partial charge in [-0.1, -0.05) is 111 Å². The zero-order valence-corrected chi connectivity index (χ0v) is 37.5. The Balaban J connectivity index is 0.00000108. The van der Waals surface area contributed by atoms with Gasteiger partial charge in [0, 0.05) is 28.1 Å². The Morgan fingerprint density at radius 2 is 1.00 bits per heavy atom. The number of nitrogens with one attached hydrogen (secondary N) is 1. The molecule has 302 valence electrons. The Hall–Kier alpha value is -4.60. The number of aromatic nitrogens is 1. The molecule has 3 aliphatic rings. The molecule has 2 heterocycles. The van der Waals surface area contributed by atoms with E-state index in [0.717, 1.165) is 22.8 Å². The van der Waals surface area contributed by atoms with Gasteiger partial charge >= 0.3 is 0 Å². The van der Waals surface area contributed by atoms with Crippen molar-refractivity contribution in [1.29, 1.82) is 0 Å². The van der Waals surface area contributed by atoms with E-state index in [-0.39, 0.29) is 0 Å². The number of hydrogen-bond acceptors (Lipinski definition) is 2. The molecule has 0 unspecified atom stereocenters. The number of H-pyrrole nitrogens is 1. The first-order chi connectivity index (χ1) is 28.1. The highest BCUT2D eigenvalue weighted by atomic mass is 32.2. The summed E-state index contributed by atoms with van der Waals surface area (Å²) in [5.41, 5.74) is 22.5. The van der Waals surface area contributed by atoms with Gasteiger partial charge in [-0.25, -0.2) is 4.99 Å². The van der Waals surface area contributed by atoms with Crippen molar-refractivity contribution in [2.75, 3.05) is 12.5 Å². The van der Waals surface area contributed by atoms with Crippen LogP contribution in [0.15, 0.2) is 109 Å². The predicted molar refractivity (Wildman–Crippen MR) is 258 cm³/mol. The second-order valence-corrected chi connectivity index (χ2v) is 17.7. The zero-order chi connectivity index (χ0) is 41.3. The predicted octanol–water partition coefficient (Wildman–Crippen LogP) is 16.0. The van der Waals surface area contributed by atoms with Crippen LogP contribution in [0.3, 0.4) is 0 Å². The van der Waals surface area contributed by atoms with Crippen molar-refractivity contribution in [2.45, 2.75) is 118 Å². The molecular weight excluding hydrogens is 721 g/mol. The zero-order valence-electron chi connectivity index (χ0n) is 36.7. The monoisotopic (exact) mass is 786 g/mol. The molecule has 2 saturated carbocycles. The largest absolute Gasteiger partial charge is 0.354 e. The SMILES string of the molecule is C=C.CSC.Cc1cc(C)c(C2=CC(c3ccc(C4CCCCC4)cc3)=N/C2=C\c2[nH]c(-c3ccc(C4CCCCC4)cc3)cc2-c2cc(C)c(C)cc2C)cc1C. The minimum Gasteiger partial charge on any atom is -0.354 e. The topological polar surface area (TPSA) is 28.1 Å². The molecule has 1 aromatic heterocycles. The van der Waals surface area contributed by atoms with E-state index in [4.69, 9.17) is 4.99 Å². The smallest absolute Gasteiger partial charge is 0.0737 e. The van der Waals surface area contributed by atoms with Gasteiger partial charge in [-0.3, -0.25) is 0 Å². The van der Waals surface area contributed by atoms with Gasteiger partial charge in [-0.15, -0.1) is 13.2 Å². The number of allylic oxidation sites excluding steroid dienone is 2. The van der Waals surface area contributed by atoms with Crippen LogP contribution in [-0.2, 0) is 0 Å². The van der Waals surface area contributed by atoms with E-state index in [9.17, 15) is 0 Å². The summed E-state index contributed by atoms with van der Waals surface area (Å²) >= 11 is 1.75. The molecule has 2 nitrogen and oxygen atoms in total. The summed E-state index contributed by atoms with van der Waals surface area (Å²) in [6.45, 7) is 19.4. The van der Waals surface area contributed by atoms with Crippen molar-refractivity contribution < 1.29 is 0 Å². The summed E-state index contributed by atoms with van der Waals surface area (Å²) in [5.74, 6) is 1.40. The van der Waals surface area contributed by atoms with E-state index in [1.54, 1.807) is 11.8 Å². The first-order valence-corrected chi connectivity index (χ1v) is 23.3. The van der Waals surface area contributed by atoms with Crippen molar-refractivity contribution in [3.8, 4) is 22.4 Å². The van der Waals surface area contributed by atoms with E-state index < -0.39 is 0 Å². The van der Waals surface area contributed by atoms with Crippen LogP contribution >= 0.6 is 11.8 Å². The molecule has 1 N–H and O–H groups in total. The fourth-order valence-electron chi connectivity index (χ4n) is 9.24. The number of rotatable bonds is 7. The summed E-state index contributed by atoms with van der Waals surface area (Å²) in [6, 6.07) is 30.5. The van der Waals surface area contributed by atoms with Crippen LogP contribution in [0.1, 0.15) is 137 Å². The summed E-state index contributed by atoms with van der Waals surface area (Å²) in [7, 11) is 0. The molecule has 3 heteroatoms. The highest BCUT2D eigenvalue weighted by Crippen LogP contribution is 2.40. The van der Waals surface area contributed by atoms with Crippen molar-refractivity contribution in [3.05, 3.63) is 165 Å². The van der Waals surface area contributed by atoms with Crippen molar-refractivity contribution in [3.63, 3.8) is 0 Å². The summed E-state index contributed by atoms with van der Waals surface area (Å²) in [5, 5.41) is 0. The number of aliphatic imine (C=N–C) groups is 1. The maximum absolute atomic E-state index is 5.45. The third-order valence-electron chi connectivity index (χ3n) is 12.8. The Bertz CT molecular complexity index is 2270. The number of aromatic amines is 1. The third kappa shape index (κ3) is 9.80. The molecule has 0 bridgehead atoms. The molecule has 2 fully saturated rings. The molecule has 8 rings (SSSR count). The van der Waals surface area contributed by atoms with Crippen molar-refractivity contribution >= 4 is 29.1 Å². The standard InChI is InChI=1S/C51H56N2.C2H6S.C2H4/c1-32-25-36(5)44(27-34(32)3)46-29-48(42-21-17-40(18-22-42)38-13-9-7-10-14-38)52-50(46)31-51-47(45-28-35(4)33(2)26-37(45)6)30-49(53-51)43-23-19-41(20-24-43)39-15-11-8-12-16-39;1-3-2;1-2/h17-31,38-39,52H,7-16H2,1-6H3;1-2H3;1-2H2/b51-31-;;. The fourth-order valence-corrected chi connectivity index (χ4v) is 9.24. The lowest BCUT2D eigenvalue weighted by Crippen LogP contribution is -2.05. The summed E-state index contributed by atoms with van der Waals surface area (Å²) in [6.07, 6.45) is 22.2. The van der Waals surface area contributed by atoms with Gasteiger partial charge in [-0.05, 0) is 171 Å². The number of thioether (sulfide) groups is 1. The lowest BCUT2D eigenvalue weighted by Gasteiger charge is -2.22. The van der Waals surface area contributed by atoms with E-state index >= 15 is 0 Å². The van der Waals surface area contributed by atoms with E-state index in [2.05, 4.69) is 151 Å². The van der Waals surface area contributed by atoms with Gasteiger partial charge in [-0.2, -0.15) is 11.8 Å². The van der Waals surface area contributed by atoms with Crippen LogP contribution in [0.2, 0.25) is 0 Å². The van der Waals surface area contributed by atoms with Crippen molar-refractivity contribution in [1.82, 2.24) is 4.98 Å². The van der Waals surface area contributed by atoms with Crippen LogP contribution in [0.25, 0.3) is 34.0 Å². The molecular formula is C55H66N2S. The molecule has 0 amide bonds. The molecule has 1 aliphatic heterocycles. The molecule has 0 spiro atoms. The molecule has 0 atom stereocenters. The number of benzene rings is 4. The van der Waals surface area contributed by atoms with Gasteiger partial charge in [0.05, 0.1) is 11.4 Å². The molecule has 0 saturated heterocycles. The maximum Gasteiger partial charge on any atom is 0.0737 e. The fraction of sp³-hybridized carbons (Fsp3) is 0.364. The molecule has 4 aromatic carbocycles. The number of nitrogens with zero attached hydrogens (tertiary/aromatic N) is 1. The molecule has 5 aromatic rings. The van der Waals surface area contributed by atoms with E-state index in [0.29, 0.717) is 11.8 Å². The first kappa shape index (κ1) is 43.0. The van der Waals surface area contributed by atoms with Crippen LogP contribution in [-0.4, -0.2) is 23.2 Å². The van der Waals surface area contributed by atoms with Crippen LogP contribution in [0.5, 0.6) is 0 Å². The second-order valence-electron chi connectivity index (χ2n) is 16.9. The van der Waals surface area contributed by atoms with Gasteiger partial charge < -0.3 is 4.98 Å². The quantitative estimate of drug-likeness (QED) is 0.164. The Morgan fingerprint density at radius 3 is 1.52 bits per heavy atom. The second kappa shape index (κ2) is 19.9. The summed E-state index contributed by atoms with van der Waals surface area (Å²) < 4.78 is 0. The molecule has 0 radical (unpaired) electrons. The normalized spacial score (nSPS) is 16.6. The van der Waals surface area contributed by atoms with Crippen LogP contribution in [0.4, 0.5) is 0 Å². The van der Waals surface area contributed by atoms with Gasteiger partial charge in [0.1, 0.15) is 0 Å². The van der Waals surface area contributed by atoms with Crippen LogP contribution < -0.4 is 0 Å². The van der Waals surface area contributed by atoms with E-state index in [1.807, 2.05) is 12.5 Å². The highest BCUT2D eigenvalue weighted by Gasteiger charge is 2.23. The maximum atomic E-state index is 5.45.